The third-order valence-corrected chi connectivity index (χ3v) is 5.70. The molecule has 21 heavy (non-hydrogen) atoms. The summed E-state index contributed by atoms with van der Waals surface area (Å²) < 4.78 is 27.3. The molecule has 0 spiro atoms. The quantitative estimate of drug-likeness (QED) is 0.759. The summed E-state index contributed by atoms with van der Waals surface area (Å²) >= 11 is 0. The monoisotopic (exact) mass is 315 g/mol. The van der Waals surface area contributed by atoms with E-state index in [0.29, 0.717) is 11.4 Å². The van der Waals surface area contributed by atoms with Crippen LogP contribution in [-0.4, -0.2) is 35.7 Å². The average Bonchev–Trinajstić information content (AvgIpc) is 2.77. The zero-order valence-electron chi connectivity index (χ0n) is 12.2. The second kappa shape index (κ2) is 6.15. The van der Waals surface area contributed by atoms with Crippen LogP contribution >= 0.6 is 0 Å². The molecule has 0 bridgehead atoms. The van der Waals surface area contributed by atoms with Gasteiger partial charge in [0, 0.05) is 0 Å². The average molecular weight is 315 g/mol. The number of aryl methyl sites for hydroxylation is 2. The standard InChI is InChI=1S/C13H21N3O4S/c1-8-12(9(2)15-14-8)21(19,20)16-11(13(17)18)10-6-4-3-5-7-10/h10-11,16H,3-7H2,1-2H3,(H,14,15)(H,17,18). The van der Waals surface area contributed by atoms with Crippen LogP contribution in [0.5, 0.6) is 0 Å². The van der Waals surface area contributed by atoms with Crippen LogP contribution in [0.25, 0.3) is 0 Å². The lowest BCUT2D eigenvalue weighted by Crippen LogP contribution is -2.46. The molecule has 0 aromatic carbocycles. The van der Waals surface area contributed by atoms with E-state index in [1.54, 1.807) is 13.8 Å². The minimum Gasteiger partial charge on any atom is -0.480 e. The number of aromatic amines is 1. The normalized spacial score (nSPS) is 18.6. The molecule has 3 N–H and O–H groups in total. The summed E-state index contributed by atoms with van der Waals surface area (Å²) in [5.41, 5.74) is 0.751. The number of aliphatic carboxylic acids is 1. The van der Waals surface area contributed by atoms with Gasteiger partial charge in [-0.25, -0.2) is 8.42 Å². The summed E-state index contributed by atoms with van der Waals surface area (Å²) in [6.07, 6.45) is 4.45. The van der Waals surface area contributed by atoms with Gasteiger partial charge in [-0.15, -0.1) is 0 Å². The van der Waals surface area contributed by atoms with E-state index in [9.17, 15) is 18.3 Å². The molecular weight excluding hydrogens is 294 g/mol. The van der Waals surface area contributed by atoms with Crippen molar-refractivity contribution in [2.45, 2.75) is 56.9 Å². The molecule has 1 heterocycles. The molecular formula is C13H21N3O4S. The molecule has 0 radical (unpaired) electrons. The van der Waals surface area contributed by atoms with Crippen LogP contribution in [0.3, 0.4) is 0 Å². The zero-order valence-corrected chi connectivity index (χ0v) is 13.0. The summed E-state index contributed by atoms with van der Waals surface area (Å²) in [6.45, 7) is 3.18. The Hall–Kier alpha value is -1.41. The van der Waals surface area contributed by atoms with Crippen molar-refractivity contribution in [2.75, 3.05) is 0 Å². The highest BCUT2D eigenvalue weighted by Crippen LogP contribution is 2.28. The number of rotatable bonds is 5. The maximum Gasteiger partial charge on any atom is 0.322 e. The topological polar surface area (TPSA) is 112 Å². The highest BCUT2D eigenvalue weighted by atomic mass is 32.2. The first-order valence-electron chi connectivity index (χ1n) is 7.09. The van der Waals surface area contributed by atoms with Crippen LogP contribution < -0.4 is 4.72 Å². The van der Waals surface area contributed by atoms with Gasteiger partial charge in [0.25, 0.3) is 0 Å². The van der Waals surface area contributed by atoms with Gasteiger partial charge in [-0.05, 0) is 32.6 Å². The number of carbonyl (C=O) groups is 1. The molecule has 1 saturated carbocycles. The van der Waals surface area contributed by atoms with Gasteiger partial charge in [-0.1, -0.05) is 19.3 Å². The highest BCUT2D eigenvalue weighted by Gasteiger charge is 2.35. The van der Waals surface area contributed by atoms with Crippen molar-refractivity contribution < 1.29 is 18.3 Å². The van der Waals surface area contributed by atoms with E-state index in [-0.39, 0.29) is 10.8 Å². The maximum atomic E-state index is 12.5. The smallest absolute Gasteiger partial charge is 0.322 e. The molecule has 1 atom stereocenters. The number of aromatic nitrogens is 2. The Morgan fingerprint density at radius 1 is 1.33 bits per heavy atom. The molecule has 1 aromatic rings. The number of nitrogens with zero attached hydrogens (tertiary/aromatic N) is 1. The molecule has 8 heteroatoms. The number of carboxylic acids is 1. The van der Waals surface area contributed by atoms with E-state index in [1.807, 2.05) is 0 Å². The van der Waals surface area contributed by atoms with Gasteiger partial charge in [0.2, 0.25) is 10.0 Å². The summed E-state index contributed by atoms with van der Waals surface area (Å²) in [5, 5.41) is 15.8. The lowest BCUT2D eigenvalue weighted by Gasteiger charge is -2.27. The minimum absolute atomic E-state index is 0.0459. The fourth-order valence-corrected chi connectivity index (χ4v) is 4.61. The third kappa shape index (κ3) is 3.44. The lowest BCUT2D eigenvalue weighted by atomic mass is 9.84. The van der Waals surface area contributed by atoms with Crippen LogP contribution in [0.4, 0.5) is 0 Å². The zero-order chi connectivity index (χ0) is 15.6. The van der Waals surface area contributed by atoms with Gasteiger partial charge in [0.05, 0.1) is 11.4 Å². The Bertz CT molecular complexity index is 598. The van der Waals surface area contributed by atoms with Crippen LogP contribution in [0, 0.1) is 19.8 Å². The number of nitrogens with one attached hydrogen (secondary N) is 2. The van der Waals surface area contributed by atoms with E-state index in [4.69, 9.17) is 0 Å². The SMILES string of the molecule is Cc1n[nH]c(C)c1S(=O)(=O)NC(C(=O)O)C1CCCCC1. The van der Waals surface area contributed by atoms with E-state index < -0.39 is 22.0 Å². The van der Waals surface area contributed by atoms with Crippen LogP contribution in [0.1, 0.15) is 43.5 Å². The minimum atomic E-state index is -3.90. The number of sulfonamides is 1. The summed E-state index contributed by atoms with van der Waals surface area (Å²) in [6, 6.07) is -1.08. The third-order valence-electron chi connectivity index (χ3n) is 4.00. The number of carboxylic acid groups (broad SMARTS) is 1. The van der Waals surface area contributed by atoms with Gasteiger partial charge in [-0.3, -0.25) is 9.89 Å². The number of hydrogen-bond donors (Lipinski definition) is 3. The Labute approximate surface area is 124 Å². The molecule has 0 saturated heterocycles. The van der Waals surface area contributed by atoms with Gasteiger partial charge < -0.3 is 5.11 Å². The summed E-state index contributed by atoms with van der Waals surface area (Å²) in [4.78, 5) is 11.5. The van der Waals surface area contributed by atoms with Gasteiger partial charge >= 0.3 is 5.97 Å². The molecule has 2 rings (SSSR count). The summed E-state index contributed by atoms with van der Waals surface area (Å²) in [5.74, 6) is -1.28. The molecule has 0 amide bonds. The molecule has 118 valence electrons. The Balaban J connectivity index is 2.25. The predicted molar refractivity (Wildman–Crippen MR) is 76.4 cm³/mol. The molecule has 1 aliphatic rings. The van der Waals surface area contributed by atoms with Crippen molar-refractivity contribution in [3.05, 3.63) is 11.4 Å². The molecule has 1 unspecified atom stereocenters. The van der Waals surface area contributed by atoms with E-state index in [1.165, 1.54) is 0 Å². The molecule has 1 aliphatic carbocycles. The van der Waals surface area contributed by atoms with Crippen molar-refractivity contribution in [1.29, 1.82) is 0 Å². The van der Waals surface area contributed by atoms with Crippen LogP contribution in [-0.2, 0) is 14.8 Å². The first kappa shape index (κ1) is 16.0. The van der Waals surface area contributed by atoms with E-state index in [2.05, 4.69) is 14.9 Å². The first-order chi connectivity index (χ1) is 9.83. The van der Waals surface area contributed by atoms with Gasteiger partial charge in [0.1, 0.15) is 10.9 Å². The largest absolute Gasteiger partial charge is 0.480 e. The molecule has 1 aromatic heterocycles. The first-order valence-corrected chi connectivity index (χ1v) is 8.58. The molecule has 7 nitrogen and oxygen atoms in total. The van der Waals surface area contributed by atoms with Crippen molar-refractivity contribution in [3.63, 3.8) is 0 Å². The number of hydrogen-bond acceptors (Lipinski definition) is 4. The lowest BCUT2D eigenvalue weighted by molar-refractivity contribution is -0.140. The molecule has 1 fully saturated rings. The van der Waals surface area contributed by atoms with E-state index >= 15 is 0 Å². The van der Waals surface area contributed by atoms with Gasteiger partial charge in [-0.2, -0.15) is 9.82 Å². The Morgan fingerprint density at radius 2 is 1.95 bits per heavy atom. The fraction of sp³-hybridized carbons (Fsp3) is 0.692. The second-order valence-corrected chi connectivity index (χ2v) is 7.25. The maximum absolute atomic E-state index is 12.5. The summed E-state index contributed by atoms with van der Waals surface area (Å²) in [7, 11) is -3.90. The van der Waals surface area contributed by atoms with Crippen molar-refractivity contribution in [1.82, 2.24) is 14.9 Å². The number of H-pyrrole nitrogens is 1. The molecule has 0 aliphatic heterocycles. The Kier molecular flexibility index (Phi) is 4.67. The Morgan fingerprint density at radius 3 is 2.43 bits per heavy atom. The highest BCUT2D eigenvalue weighted by molar-refractivity contribution is 7.89. The van der Waals surface area contributed by atoms with Gasteiger partial charge in [0.15, 0.2) is 0 Å². The van der Waals surface area contributed by atoms with Crippen LogP contribution in [0.2, 0.25) is 0 Å². The van der Waals surface area contributed by atoms with Crippen molar-refractivity contribution in [2.24, 2.45) is 5.92 Å². The predicted octanol–water partition coefficient (Wildman–Crippen LogP) is 1.34. The van der Waals surface area contributed by atoms with Crippen molar-refractivity contribution >= 4 is 16.0 Å². The van der Waals surface area contributed by atoms with E-state index in [0.717, 1.165) is 32.1 Å². The second-order valence-electron chi connectivity index (χ2n) is 5.60. The fourth-order valence-electron chi connectivity index (χ4n) is 2.98. The van der Waals surface area contributed by atoms with Crippen molar-refractivity contribution in [3.8, 4) is 0 Å². The van der Waals surface area contributed by atoms with Crippen LogP contribution in [0.15, 0.2) is 4.90 Å².